The van der Waals surface area contributed by atoms with Crippen molar-refractivity contribution in [3.05, 3.63) is 143 Å². The Kier molecular flexibility index (Phi) is 14.6. The minimum Gasteiger partial charge on any atom is -0.479 e. The van der Waals surface area contributed by atoms with E-state index < -0.39 is 64.9 Å². The molecule has 1 unspecified atom stereocenters. The molecule has 58 heavy (non-hydrogen) atoms. The van der Waals surface area contributed by atoms with E-state index in [1.165, 1.54) is 0 Å². The van der Waals surface area contributed by atoms with Gasteiger partial charge in [-0.05, 0) is 54.0 Å². The van der Waals surface area contributed by atoms with E-state index in [1.807, 2.05) is 0 Å². The SMILES string of the molecule is CC(C)C[C@H](NC(=O)OCc1ccccc1)C(=O)[C@](Cc1ccccc1)(C(=O)O)N(C(=O)OCc1ccccc1)C(=O)C(S)CCCN1C(=O)c2ccccc2C1=O. The molecule has 14 heteroatoms. The van der Waals surface area contributed by atoms with Crippen molar-refractivity contribution in [2.75, 3.05) is 6.54 Å². The number of rotatable bonds is 18. The summed E-state index contributed by atoms with van der Waals surface area (Å²) in [4.78, 5) is 98.6. The van der Waals surface area contributed by atoms with E-state index in [9.17, 15) is 33.9 Å². The number of hydrogen-bond acceptors (Lipinski definition) is 10. The van der Waals surface area contributed by atoms with Gasteiger partial charge in [-0.3, -0.25) is 24.1 Å². The average molecular weight is 808 g/mol. The Morgan fingerprint density at radius 2 is 1.22 bits per heavy atom. The van der Waals surface area contributed by atoms with Crippen molar-refractivity contribution >= 4 is 54.3 Å². The highest BCUT2D eigenvalue weighted by molar-refractivity contribution is 7.81. The Hall–Kier alpha value is -6.28. The third-order valence-corrected chi connectivity index (χ3v) is 10.1. The zero-order chi connectivity index (χ0) is 41.8. The van der Waals surface area contributed by atoms with E-state index in [1.54, 1.807) is 129 Å². The van der Waals surface area contributed by atoms with Gasteiger partial charge in [0.05, 0.1) is 22.4 Å². The molecule has 0 saturated heterocycles. The van der Waals surface area contributed by atoms with Crippen molar-refractivity contribution in [1.29, 1.82) is 0 Å². The molecular formula is C44H45N3O10S. The van der Waals surface area contributed by atoms with Crippen LogP contribution in [0.4, 0.5) is 9.59 Å². The van der Waals surface area contributed by atoms with Crippen molar-refractivity contribution in [3.63, 3.8) is 0 Å². The first-order valence-electron chi connectivity index (χ1n) is 18.8. The summed E-state index contributed by atoms with van der Waals surface area (Å²) in [5.41, 5.74) is -1.03. The van der Waals surface area contributed by atoms with Crippen LogP contribution in [-0.2, 0) is 43.5 Å². The molecule has 0 aliphatic carbocycles. The zero-order valence-corrected chi connectivity index (χ0v) is 33.0. The Balaban J connectivity index is 1.50. The van der Waals surface area contributed by atoms with Crippen molar-refractivity contribution in [2.24, 2.45) is 5.92 Å². The van der Waals surface area contributed by atoms with Gasteiger partial charge in [0, 0.05) is 13.0 Å². The topological polar surface area (TPSA) is 177 Å². The van der Waals surface area contributed by atoms with Gasteiger partial charge < -0.3 is 19.9 Å². The van der Waals surface area contributed by atoms with E-state index in [2.05, 4.69) is 17.9 Å². The normalized spacial score (nSPS) is 14.2. The van der Waals surface area contributed by atoms with Gasteiger partial charge in [0.25, 0.3) is 11.8 Å². The number of carbonyl (C=O) groups excluding carboxylic acids is 6. The summed E-state index contributed by atoms with van der Waals surface area (Å²) in [6.45, 7) is 2.88. The summed E-state index contributed by atoms with van der Waals surface area (Å²) in [7, 11) is 0. The molecule has 1 aliphatic rings. The number of Topliss-reactive ketones (excluding diaryl/α,β-unsaturated/α-hetero) is 1. The molecule has 0 fully saturated rings. The molecule has 0 bridgehead atoms. The molecule has 0 saturated carbocycles. The first kappa shape index (κ1) is 42.9. The standard InChI is InChI=1S/C44H45N3O10S/c1-29(2)25-35(45-42(54)56-27-31-17-8-4-9-18-31)37(48)44(41(52)53,26-30-15-6-3-7-16-30)47(43(55)57-28-32-19-10-5-11-20-32)40(51)36(58)23-14-24-46-38(49)33-21-12-13-22-34(33)39(46)50/h3-13,15-22,29,35-36,58H,14,23-28H2,1-2H3,(H,45,54)(H,52,53)/t35-,36?,44+/m0/s1. The number of hydrogen-bond donors (Lipinski definition) is 3. The highest BCUT2D eigenvalue weighted by atomic mass is 32.1. The van der Waals surface area contributed by atoms with Crippen LogP contribution in [0.5, 0.6) is 0 Å². The minimum atomic E-state index is -2.98. The van der Waals surface area contributed by atoms with Crippen molar-refractivity contribution in [1.82, 2.24) is 15.1 Å². The van der Waals surface area contributed by atoms with E-state index in [0.29, 0.717) is 16.0 Å². The molecule has 1 heterocycles. The number of imide groups is 2. The number of carboxylic acid groups (broad SMARTS) is 1. The van der Waals surface area contributed by atoms with E-state index in [0.717, 1.165) is 4.90 Å². The highest BCUT2D eigenvalue weighted by Crippen LogP contribution is 2.31. The Bertz CT molecular complexity index is 2080. The van der Waals surface area contributed by atoms with Crippen LogP contribution < -0.4 is 5.32 Å². The third-order valence-electron chi connectivity index (χ3n) is 9.60. The third kappa shape index (κ3) is 10.2. The number of aliphatic carboxylic acids is 1. The van der Waals surface area contributed by atoms with Crippen LogP contribution in [0, 0.1) is 5.92 Å². The second-order valence-electron chi connectivity index (χ2n) is 14.3. The van der Waals surface area contributed by atoms with Crippen molar-refractivity contribution in [2.45, 2.75) is 69.6 Å². The fraction of sp³-hybridized carbons (Fsp3) is 0.295. The lowest BCUT2D eigenvalue weighted by Crippen LogP contribution is -2.70. The lowest BCUT2D eigenvalue weighted by molar-refractivity contribution is -0.163. The van der Waals surface area contributed by atoms with Gasteiger partial charge in [0.1, 0.15) is 13.2 Å². The fourth-order valence-electron chi connectivity index (χ4n) is 6.72. The number of amides is 5. The summed E-state index contributed by atoms with van der Waals surface area (Å²) >= 11 is 4.51. The maximum Gasteiger partial charge on any atom is 0.418 e. The molecule has 2 N–H and O–H groups in total. The van der Waals surface area contributed by atoms with Gasteiger partial charge in [0.2, 0.25) is 11.4 Å². The number of ether oxygens (including phenoxy) is 2. The molecule has 4 aromatic carbocycles. The Morgan fingerprint density at radius 1 is 0.741 bits per heavy atom. The van der Waals surface area contributed by atoms with Gasteiger partial charge in [-0.15, -0.1) is 0 Å². The molecule has 0 spiro atoms. The van der Waals surface area contributed by atoms with E-state index in [-0.39, 0.29) is 61.6 Å². The molecule has 3 atom stereocenters. The van der Waals surface area contributed by atoms with Gasteiger partial charge in [-0.2, -0.15) is 12.6 Å². The van der Waals surface area contributed by atoms with Crippen molar-refractivity contribution < 1.29 is 48.1 Å². The number of nitrogens with zero attached hydrogens (tertiary/aromatic N) is 2. The number of carboxylic acids is 1. The number of ketones is 1. The van der Waals surface area contributed by atoms with E-state index in [4.69, 9.17) is 9.47 Å². The largest absolute Gasteiger partial charge is 0.479 e. The predicted molar refractivity (Wildman–Crippen MR) is 216 cm³/mol. The molecule has 5 amide bonds. The van der Waals surface area contributed by atoms with Crippen LogP contribution in [0.1, 0.15) is 70.5 Å². The Morgan fingerprint density at radius 3 is 1.72 bits per heavy atom. The molecule has 0 aromatic heterocycles. The zero-order valence-electron chi connectivity index (χ0n) is 32.1. The van der Waals surface area contributed by atoms with Crippen LogP contribution in [0.25, 0.3) is 0 Å². The van der Waals surface area contributed by atoms with Crippen LogP contribution in [0.15, 0.2) is 115 Å². The molecule has 13 nitrogen and oxygen atoms in total. The summed E-state index contributed by atoms with van der Waals surface area (Å²) in [5.74, 6) is -5.50. The summed E-state index contributed by atoms with van der Waals surface area (Å²) in [6, 6.07) is 30.0. The predicted octanol–water partition coefficient (Wildman–Crippen LogP) is 6.50. The smallest absolute Gasteiger partial charge is 0.418 e. The molecule has 1 aliphatic heterocycles. The lowest BCUT2D eigenvalue weighted by Gasteiger charge is -2.40. The first-order valence-corrected chi connectivity index (χ1v) is 19.3. The van der Waals surface area contributed by atoms with Crippen LogP contribution in [0.3, 0.4) is 0 Å². The minimum absolute atomic E-state index is 0.0375. The number of fused-ring (bicyclic) bond motifs is 1. The number of alkyl carbamates (subject to hydrolysis) is 1. The highest BCUT2D eigenvalue weighted by Gasteiger charge is 2.59. The fourth-order valence-corrected chi connectivity index (χ4v) is 7.02. The monoisotopic (exact) mass is 807 g/mol. The second kappa shape index (κ2) is 19.7. The molecule has 5 rings (SSSR count). The molecular weight excluding hydrogens is 763 g/mol. The summed E-state index contributed by atoms with van der Waals surface area (Å²) in [6.07, 6.45) is -3.35. The number of carbonyl (C=O) groups is 7. The Labute approximate surface area is 341 Å². The number of thiol groups is 1. The maximum absolute atomic E-state index is 15.1. The average Bonchev–Trinajstić information content (AvgIpc) is 3.46. The van der Waals surface area contributed by atoms with Crippen molar-refractivity contribution in [3.8, 4) is 0 Å². The first-order chi connectivity index (χ1) is 27.8. The number of nitrogens with one attached hydrogen (secondary N) is 1. The van der Waals surface area contributed by atoms with Crippen LogP contribution in [0.2, 0.25) is 0 Å². The molecule has 302 valence electrons. The lowest BCUT2D eigenvalue weighted by atomic mass is 9.79. The van der Waals surface area contributed by atoms with Gasteiger partial charge in [-0.25, -0.2) is 19.3 Å². The number of benzene rings is 4. The summed E-state index contributed by atoms with van der Waals surface area (Å²) < 4.78 is 11.0. The van der Waals surface area contributed by atoms with Crippen LogP contribution >= 0.6 is 12.6 Å². The second-order valence-corrected chi connectivity index (χ2v) is 14.9. The van der Waals surface area contributed by atoms with Gasteiger partial charge in [0.15, 0.2) is 5.78 Å². The van der Waals surface area contributed by atoms with Gasteiger partial charge >= 0.3 is 18.2 Å². The van der Waals surface area contributed by atoms with Gasteiger partial charge in [-0.1, -0.05) is 117 Å². The molecule has 4 aromatic rings. The maximum atomic E-state index is 15.1. The van der Waals surface area contributed by atoms with Crippen LogP contribution in [-0.4, -0.2) is 79.9 Å². The molecule has 0 radical (unpaired) electrons. The van der Waals surface area contributed by atoms with E-state index >= 15 is 4.79 Å². The quantitative estimate of drug-likeness (QED) is 0.0571. The summed E-state index contributed by atoms with van der Waals surface area (Å²) in [5, 5.41) is 12.3.